The van der Waals surface area contributed by atoms with Gasteiger partial charge in [0.25, 0.3) is 0 Å². The summed E-state index contributed by atoms with van der Waals surface area (Å²) in [6, 6.07) is 37.1. The van der Waals surface area contributed by atoms with Crippen molar-refractivity contribution in [3.63, 3.8) is 0 Å². The van der Waals surface area contributed by atoms with Crippen LogP contribution in [0.25, 0.3) is 0 Å². The zero-order valence-electron chi connectivity index (χ0n) is 20.8. The molecule has 4 nitrogen and oxygen atoms in total. The van der Waals surface area contributed by atoms with Crippen LogP contribution in [0.1, 0.15) is 23.1 Å². The van der Waals surface area contributed by atoms with Gasteiger partial charge >= 0.3 is 0 Å². The zero-order chi connectivity index (χ0) is 25.4. The normalized spacial score (nSPS) is 21.8. The fourth-order valence-electron chi connectivity index (χ4n) is 5.14. The first kappa shape index (κ1) is 24.7. The van der Waals surface area contributed by atoms with E-state index in [4.69, 9.17) is 4.43 Å². The molecule has 0 saturated heterocycles. The Morgan fingerprint density at radius 1 is 0.722 bits per heavy atom. The SMILES string of the molecule is Cc1ccc(S(=O)(=O)N[C@@]2(c3ccccc3)C[C@]2(O[Si](C)(C)c2ccccc2)c2ccccc2)cc1. The molecule has 0 radical (unpaired) electrons. The van der Waals surface area contributed by atoms with Crippen LogP contribution in [0.4, 0.5) is 0 Å². The van der Waals surface area contributed by atoms with Gasteiger partial charge in [-0.1, -0.05) is 109 Å². The van der Waals surface area contributed by atoms with Crippen molar-refractivity contribution in [1.29, 1.82) is 0 Å². The second-order valence-corrected chi connectivity index (χ2v) is 15.5. The predicted molar refractivity (Wildman–Crippen MR) is 147 cm³/mol. The van der Waals surface area contributed by atoms with Gasteiger partial charge < -0.3 is 4.43 Å². The van der Waals surface area contributed by atoms with Crippen LogP contribution >= 0.6 is 0 Å². The predicted octanol–water partition coefficient (Wildman–Crippen LogP) is 5.60. The summed E-state index contributed by atoms with van der Waals surface area (Å²) >= 11 is 0. The maximum atomic E-state index is 13.8. The fourth-order valence-corrected chi connectivity index (χ4v) is 8.92. The molecule has 6 heteroatoms. The van der Waals surface area contributed by atoms with E-state index in [-0.39, 0.29) is 4.90 Å². The van der Waals surface area contributed by atoms with Crippen molar-refractivity contribution in [2.75, 3.05) is 0 Å². The van der Waals surface area contributed by atoms with Gasteiger partial charge in [0.15, 0.2) is 0 Å². The van der Waals surface area contributed by atoms with Crippen LogP contribution in [-0.4, -0.2) is 16.7 Å². The number of rotatable bonds is 8. The highest BCUT2D eigenvalue weighted by Gasteiger charge is 2.73. The highest BCUT2D eigenvalue weighted by atomic mass is 32.2. The molecule has 0 aromatic heterocycles. The molecule has 0 spiro atoms. The van der Waals surface area contributed by atoms with Crippen LogP contribution in [-0.2, 0) is 25.6 Å². The molecule has 0 unspecified atom stereocenters. The van der Waals surface area contributed by atoms with Crippen molar-refractivity contribution in [2.24, 2.45) is 0 Å². The second-order valence-electron chi connectivity index (χ2n) is 10.0. The Labute approximate surface area is 215 Å². The lowest BCUT2D eigenvalue weighted by molar-refractivity contribution is 0.140. The van der Waals surface area contributed by atoms with Crippen molar-refractivity contribution < 1.29 is 12.8 Å². The minimum Gasteiger partial charge on any atom is -0.401 e. The van der Waals surface area contributed by atoms with Crippen LogP contribution in [0.5, 0.6) is 0 Å². The summed E-state index contributed by atoms with van der Waals surface area (Å²) in [5, 5.41) is 1.16. The Balaban J connectivity index is 1.66. The van der Waals surface area contributed by atoms with E-state index in [1.807, 2.05) is 97.9 Å². The maximum Gasteiger partial charge on any atom is 0.241 e. The second kappa shape index (κ2) is 9.12. The van der Waals surface area contributed by atoms with Gasteiger partial charge in [0.2, 0.25) is 18.3 Å². The third-order valence-corrected chi connectivity index (χ3v) is 11.2. The summed E-state index contributed by atoms with van der Waals surface area (Å²) < 4.78 is 37.9. The van der Waals surface area contributed by atoms with Gasteiger partial charge in [-0.25, -0.2) is 8.42 Å². The van der Waals surface area contributed by atoms with Crippen LogP contribution in [0, 0.1) is 6.92 Å². The molecule has 4 aromatic carbocycles. The minimum absolute atomic E-state index is 0.247. The molecule has 0 bridgehead atoms. The number of aryl methyl sites for hydroxylation is 1. The lowest BCUT2D eigenvalue weighted by atomic mass is 9.97. The fraction of sp³-hybridized carbons (Fsp3) is 0.200. The van der Waals surface area contributed by atoms with Gasteiger partial charge in [0, 0.05) is 6.42 Å². The maximum absolute atomic E-state index is 13.8. The van der Waals surface area contributed by atoms with E-state index in [1.54, 1.807) is 12.1 Å². The molecule has 1 fully saturated rings. The molecule has 1 aliphatic carbocycles. The van der Waals surface area contributed by atoms with Gasteiger partial charge in [0.05, 0.1) is 10.4 Å². The van der Waals surface area contributed by atoms with Gasteiger partial charge in [-0.3, -0.25) is 0 Å². The first-order valence-corrected chi connectivity index (χ1v) is 16.6. The van der Waals surface area contributed by atoms with Crippen molar-refractivity contribution >= 4 is 23.5 Å². The van der Waals surface area contributed by atoms with Crippen LogP contribution in [0.15, 0.2) is 120 Å². The lowest BCUT2D eigenvalue weighted by Gasteiger charge is -2.35. The third kappa shape index (κ3) is 4.35. The summed E-state index contributed by atoms with van der Waals surface area (Å²) in [6.45, 7) is 6.30. The average molecular weight is 514 g/mol. The zero-order valence-corrected chi connectivity index (χ0v) is 22.6. The van der Waals surface area contributed by atoms with E-state index in [1.165, 1.54) is 0 Å². The molecular weight excluding hydrogens is 482 g/mol. The number of nitrogens with one attached hydrogen (secondary N) is 1. The summed E-state index contributed by atoms with van der Waals surface area (Å²) in [7, 11) is -6.29. The van der Waals surface area contributed by atoms with Crippen molar-refractivity contribution in [2.45, 2.75) is 42.5 Å². The largest absolute Gasteiger partial charge is 0.401 e. The third-order valence-electron chi connectivity index (χ3n) is 7.12. The summed E-state index contributed by atoms with van der Waals surface area (Å²) in [5.41, 5.74) is 1.08. The van der Waals surface area contributed by atoms with Crippen LogP contribution < -0.4 is 9.91 Å². The standard InChI is InChI=1S/C30H31NO3SSi/c1-24-19-21-27(22-20-24)35(32,33)31-29(25-13-7-4-8-14-25)23-30(29,26-15-9-5-10-16-26)34-36(2,3)28-17-11-6-12-18-28/h4-22,31H,23H2,1-3H3/t29-,30+/m1/s1. The first-order valence-electron chi connectivity index (χ1n) is 12.2. The van der Waals surface area contributed by atoms with Crippen molar-refractivity contribution in [3.05, 3.63) is 132 Å². The Kier molecular flexibility index (Phi) is 6.25. The highest BCUT2D eigenvalue weighted by molar-refractivity contribution is 7.89. The molecule has 2 atom stereocenters. The molecule has 184 valence electrons. The summed E-state index contributed by atoms with van der Waals surface area (Å²) in [5.74, 6) is 0. The quantitative estimate of drug-likeness (QED) is 0.312. The molecule has 1 saturated carbocycles. The van der Waals surface area contributed by atoms with Crippen molar-refractivity contribution in [1.82, 2.24) is 4.72 Å². The van der Waals surface area contributed by atoms with Crippen molar-refractivity contribution in [3.8, 4) is 0 Å². The number of hydrogen-bond donors (Lipinski definition) is 1. The topological polar surface area (TPSA) is 55.4 Å². The molecule has 4 aromatic rings. The summed E-state index contributed by atoms with van der Waals surface area (Å²) in [4.78, 5) is 0.247. The smallest absolute Gasteiger partial charge is 0.241 e. The molecular formula is C30H31NO3SSi. The molecule has 5 rings (SSSR count). The Morgan fingerprint density at radius 2 is 1.22 bits per heavy atom. The van der Waals surface area contributed by atoms with E-state index in [2.05, 4.69) is 29.9 Å². The molecule has 0 amide bonds. The van der Waals surface area contributed by atoms with Gasteiger partial charge in [0.1, 0.15) is 5.60 Å². The van der Waals surface area contributed by atoms with E-state index in [9.17, 15) is 8.42 Å². The number of hydrogen-bond acceptors (Lipinski definition) is 3. The van der Waals surface area contributed by atoms with Gasteiger partial charge in [-0.05, 0) is 48.5 Å². The first-order chi connectivity index (χ1) is 17.2. The molecule has 0 heterocycles. The average Bonchev–Trinajstić information content (AvgIpc) is 3.52. The van der Waals surface area contributed by atoms with Gasteiger partial charge in [-0.2, -0.15) is 4.72 Å². The van der Waals surface area contributed by atoms with E-state index in [0.717, 1.165) is 21.9 Å². The van der Waals surface area contributed by atoms with E-state index < -0.39 is 29.5 Å². The van der Waals surface area contributed by atoms with E-state index >= 15 is 0 Å². The minimum atomic E-state index is -3.83. The van der Waals surface area contributed by atoms with Gasteiger partial charge in [-0.15, -0.1) is 0 Å². The Morgan fingerprint density at radius 3 is 1.78 bits per heavy atom. The highest BCUT2D eigenvalue weighted by Crippen LogP contribution is 2.65. The molecule has 36 heavy (non-hydrogen) atoms. The lowest BCUT2D eigenvalue weighted by Crippen LogP contribution is -2.51. The van der Waals surface area contributed by atoms with Crippen LogP contribution in [0.2, 0.25) is 13.1 Å². The molecule has 1 aliphatic rings. The Hall–Kier alpha value is -3.03. The monoisotopic (exact) mass is 513 g/mol. The number of benzene rings is 4. The van der Waals surface area contributed by atoms with E-state index in [0.29, 0.717) is 6.42 Å². The summed E-state index contributed by atoms with van der Waals surface area (Å²) in [6.07, 6.45) is 0.502. The van der Waals surface area contributed by atoms with Crippen LogP contribution in [0.3, 0.4) is 0 Å². The molecule has 0 aliphatic heterocycles. The Bertz CT molecular complexity index is 1440. The molecule has 1 N–H and O–H groups in total. The number of sulfonamides is 1.